The number of aryl methyl sites for hydroxylation is 2. The summed E-state index contributed by atoms with van der Waals surface area (Å²) in [6.45, 7) is 7.17. The SMILES string of the molecule is Cc1cc(C=C(C#N)C(=O)c2cc(C)n(-c3ccccc3F)c2C)c(C)n1-c1ccccc1F. The normalized spacial score (nSPS) is 11.5. The molecule has 0 saturated carbocycles. The highest BCUT2D eigenvalue weighted by molar-refractivity contribution is 6.15. The number of nitrogens with zero attached hydrogens (tertiary/aromatic N) is 3. The van der Waals surface area contributed by atoms with Crippen LogP contribution in [0.2, 0.25) is 0 Å². The van der Waals surface area contributed by atoms with E-state index in [1.165, 1.54) is 18.2 Å². The lowest BCUT2D eigenvalue weighted by molar-refractivity contribution is 0.103. The lowest BCUT2D eigenvalue weighted by Gasteiger charge is -2.11. The predicted octanol–water partition coefficient (Wildman–Crippen LogP) is 6.57. The van der Waals surface area contributed by atoms with Crippen LogP contribution in [0, 0.1) is 50.7 Å². The van der Waals surface area contributed by atoms with Crippen molar-refractivity contribution < 1.29 is 13.6 Å². The van der Waals surface area contributed by atoms with Crippen molar-refractivity contribution in [2.24, 2.45) is 0 Å². The average Bonchev–Trinajstić information content (AvgIpc) is 3.26. The van der Waals surface area contributed by atoms with Crippen LogP contribution in [0.3, 0.4) is 0 Å². The summed E-state index contributed by atoms with van der Waals surface area (Å²) in [6, 6.07) is 18.3. The molecule has 0 N–H and O–H groups in total. The molecule has 0 aliphatic carbocycles. The molecular formula is C28H23F2N3O. The fraction of sp³-hybridized carbons (Fsp3) is 0.143. The maximum absolute atomic E-state index is 14.4. The first kappa shape index (κ1) is 22.9. The van der Waals surface area contributed by atoms with Gasteiger partial charge >= 0.3 is 0 Å². The topological polar surface area (TPSA) is 50.7 Å². The number of carbonyl (C=O) groups excluding carboxylic acids is 1. The highest BCUT2D eigenvalue weighted by Crippen LogP contribution is 2.27. The smallest absolute Gasteiger partial charge is 0.205 e. The summed E-state index contributed by atoms with van der Waals surface area (Å²) in [5.41, 5.74) is 4.37. The van der Waals surface area contributed by atoms with Gasteiger partial charge in [-0.05, 0) is 75.7 Å². The molecule has 4 aromatic rings. The third-order valence-electron chi connectivity index (χ3n) is 6.00. The fourth-order valence-corrected chi connectivity index (χ4v) is 4.38. The molecule has 2 aromatic carbocycles. The molecule has 0 atom stereocenters. The number of hydrogen-bond acceptors (Lipinski definition) is 2. The minimum absolute atomic E-state index is 0.0532. The Hall–Kier alpha value is -4.24. The van der Waals surface area contributed by atoms with E-state index in [0.717, 1.165) is 5.69 Å². The molecule has 34 heavy (non-hydrogen) atoms. The molecule has 0 bridgehead atoms. The predicted molar refractivity (Wildman–Crippen MR) is 128 cm³/mol. The third kappa shape index (κ3) is 3.86. The Morgan fingerprint density at radius 3 is 1.85 bits per heavy atom. The van der Waals surface area contributed by atoms with Crippen LogP contribution in [0.4, 0.5) is 8.78 Å². The van der Waals surface area contributed by atoms with E-state index in [-0.39, 0.29) is 11.4 Å². The Kier molecular flexibility index (Phi) is 6.04. The molecule has 0 unspecified atom stereocenters. The summed E-state index contributed by atoms with van der Waals surface area (Å²) < 4.78 is 32.2. The number of Topliss-reactive ketones (excluding diaryl/α,β-unsaturated/α-hetero) is 1. The Balaban J connectivity index is 1.78. The molecule has 0 aliphatic heterocycles. The standard InChI is InChI=1S/C28H23F2N3O/c1-17-13-21(19(3)32(17)26-11-7-5-9-24(26)29)15-22(16-31)28(34)23-14-18(2)33(20(23)4)27-12-8-6-10-25(27)30/h5-15H,1-4H3. The van der Waals surface area contributed by atoms with Crippen LogP contribution >= 0.6 is 0 Å². The summed E-state index contributed by atoms with van der Waals surface area (Å²) in [6.07, 6.45) is 1.53. The minimum Gasteiger partial charge on any atom is -0.315 e. The molecule has 0 aliphatic rings. The number of benzene rings is 2. The molecule has 0 spiro atoms. The molecule has 4 rings (SSSR count). The maximum atomic E-state index is 14.4. The molecule has 0 saturated heterocycles. The highest BCUT2D eigenvalue weighted by Gasteiger charge is 2.22. The molecule has 170 valence electrons. The van der Waals surface area contributed by atoms with E-state index in [9.17, 15) is 18.8 Å². The lowest BCUT2D eigenvalue weighted by Crippen LogP contribution is -2.06. The molecule has 0 amide bonds. The van der Waals surface area contributed by atoms with Crippen molar-refractivity contribution in [3.05, 3.63) is 112 Å². The van der Waals surface area contributed by atoms with E-state index in [2.05, 4.69) is 0 Å². The quantitative estimate of drug-likeness (QED) is 0.194. The number of allylic oxidation sites excluding steroid dienone is 1. The Morgan fingerprint density at radius 1 is 0.824 bits per heavy atom. The van der Waals surface area contributed by atoms with Crippen molar-refractivity contribution in [2.75, 3.05) is 0 Å². The molecule has 0 radical (unpaired) electrons. The van der Waals surface area contributed by atoms with Gasteiger partial charge in [-0.1, -0.05) is 24.3 Å². The first-order valence-corrected chi connectivity index (χ1v) is 10.8. The number of rotatable bonds is 5. The van der Waals surface area contributed by atoms with Crippen molar-refractivity contribution in [3.8, 4) is 17.4 Å². The second-order valence-corrected chi connectivity index (χ2v) is 8.18. The summed E-state index contributed by atoms with van der Waals surface area (Å²) in [4.78, 5) is 13.3. The van der Waals surface area contributed by atoms with E-state index in [1.54, 1.807) is 65.4 Å². The van der Waals surface area contributed by atoms with Crippen molar-refractivity contribution in [1.29, 1.82) is 5.26 Å². The van der Waals surface area contributed by atoms with Gasteiger partial charge in [-0.3, -0.25) is 4.79 Å². The van der Waals surface area contributed by atoms with Crippen molar-refractivity contribution in [2.45, 2.75) is 27.7 Å². The zero-order chi connectivity index (χ0) is 24.6. The third-order valence-corrected chi connectivity index (χ3v) is 6.00. The number of para-hydroxylation sites is 2. The molecular weight excluding hydrogens is 432 g/mol. The Morgan fingerprint density at radius 2 is 1.32 bits per heavy atom. The van der Waals surface area contributed by atoms with Gasteiger partial charge < -0.3 is 9.13 Å². The van der Waals surface area contributed by atoms with Crippen LogP contribution in [0.1, 0.15) is 38.7 Å². The van der Waals surface area contributed by atoms with Gasteiger partial charge in [0.15, 0.2) is 0 Å². The molecule has 2 heterocycles. The Labute approximate surface area is 197 Å². The first-order chi connectivity index (χ1) is 16.2. The number of aromatic nitrogens is 2. The van der Waals surface area contributed by atoms with Crippen LogP contribution in [0.25, 0.3) is 17.5 Å². The summed E-state index contributed by atoms with van der Waals surface area (Å²) in [7, 11) is 0. The Bertz CT molecular complexity index is 1500. The van der Waals surface area contributed by atoms with Gasteiger partial charge in [0, 0.05) is 28.3 Å². The van der Waals surface area contributed by atoms with Gasteiger partial charge in [0.25, 0.3) is 0 Å². The minimum atomic E-state index is -0.450. The summed E-state index contributed by atoms with van der Waals surface area (Å²) in [5.74, 6) is -1.22. The van der Waals surface area contributed by atoms with Crippen LogP contribution < -0.4 is 0 Å². The number of nitriles is 1. The van der Waals surface area contributed by atoms with E-state index >= 15 is 0 Å². The zero-order valence-electron chi connectivity index (χ0n) is 19.4. The van der Waals surface area contributed by atoms with Crippen LogP contribution in [-0.2, 0) is 0 Å². The number of carbonyl (C=O) groups is 1. The van der Waals surface area contributed by atoms with Gasteiger partial charge in [-0.25, -0.2) is 8.78 Å². The van der Waals surface area contributed by atoms with Crippen molar-refractivity contribution >= 4 is 11.9 Å². The molecule has 0 fully saturated rings. The van der Waals surface area contributed by atoms with Gasteiger partial charge in [-0.2, -0.15) is 5.26 Å². The van der Waals surface area contributed by atoms with Crippen LogP contribution in [0.15, 0.2) is 66.2 Å². The summed E-state index contributed by atoms with van der Waals surface area (Å²) in [5, 5.41) is 9.80. The van der Waals surface area contributed by atoms with Gasteiger partial charge in [0.2, 0.25) is 5.78 Å². The van der Waals surface area contributed by atoms with Crippen molar-refractivity contribution in [3.63, 3.8) is 0 Å². The van der Waals surface area contributed by atoms with Crippen LogP contribution in [0.5, 0.6) is 0 Å². The van der Waals surface area contributed by atoms with Gasteiger partial charge in [-0.15, -0.1) is 0 Å². The first-order valence-electron chi connectivity index (χ1n) is 10.8. The van der Waals surface area contributed by atoms with E-state index in [1.807, 2.05) is 26.0 Å². The second kappa shape index (κ2) is 8.95. The fourth-order valence-electron chi connectivity index (χ4n) is 4.38. The van der Waals surface area contributed by atoms with E-state index in [4.69, 9.17) is 0 Å². The highest BCUT2D eigenvalue weighted by atomic mass is 19.1. The number of halogens is 2. The van der Waals surface area contributed by atoms with E-state index < -0.39 is 11.6 Å². The second-order valence-electron chi connectivity index (χ2n) is 8.18. The van der Waals surface area contributed by atoms with Gasteiger partial charge in [0.1, 0.15) is 23.3 Å². The van der Waals surface area contributed by atoms with Gasteiger partial charge in [0.05, 0.1) is 11.4 Å². The van der Waals surface area contributed by atoms with Crippen LogP contribution in [-0.4, -0.2) is 14.9 Å². The molecule has 6 heteroatoms. The molecule has 2 aromatic heterocycles. The monoisotopic (exact) mass is 455 g/mol. The largest absolute Gasteiger partial charge is 0.315 e. The lowest BCUT2D eigenvalue weighted by atomic mass is 10.0. The number of ketones is 1. The number of hydrogen-bond donors (Lipinski definition) is 0. The zero-order valence-corrected chi connectivity index (χ0v) is 19.4. The van der Waals surface area contributed by atoms with Crippen molar-refractivity contribution in [1.82, 2.24) is 9.13 Å². The molecule has 4 nitrogen and oxygen atoms in total. The summed E-state index contributed by atoms with van der Waals surface area (Å²) >= 11 is 0. The van der Waals surface area contributed by atoms with E-state index in [0.29, 0.717) is 39.6 Å². The maximum Gasteiger partial charge on any atom is 0.205 e. The average molecular weight is 456 g/mol.